The average molecular weight is 498 g/mol. The summed E-state index contributed by atoms with van der Waals surface area (Å²) in [6.07, 6.45) is 2.37. The van der Waals surface area contributed by atoms with Crippen molar-refractivity contribution in [3.8, 4) is 11.3 Å². The van der Waals surface area contributed by atoms with Crippen LogP contribution in [0.4, 0.5) is 0 Å². The van der Waals surface area contributed by atoms with Crippen LogP contribution in [0.15, 0.2) is 75.9 Å². The molecule has 2 unspecified atom stereocenters. The number of rotatable bonds is 6. The van der Waals surface area contributed by atoms with Crippen LogP contribution in [0.1, 0.15) is 38.1 Å². The molecule has 2 heterocycles. The van der Waals surface area contributed by atoms with Gasteiger partial charge in [-0.2, -0.15) is 0 Å². The summed E-state index contributed by atoms with van der Waals surface area (Å²) in [6.45, 7) is 5.88. The van der Waals surface area contributed by atoms with E-state index in [9.17, 15) is 4.21 Å². The maximum Gasteiger partial charge on any atom is 0.167 e. The van der Waals surface area contributed by atoms with E-state index in [2.05, 4.69) is 30.8 Å². The largest absolute Gasteiger partial charge is 0.356 e. The number of benzene rings is 2. The lowest BCUT2D eigenvalue weighted by Crippen LogP contribution is -2.36. The second-order valence-electron chi connectivity index (χ2n) is 8.34. The quantitative estimate of drug-likeness (QED) is 0.355. The Kier molecular flexibility index (Phi) is 6.36. The number of nitrogens with zero attached hydrogens (tertiary/aromatic N) is 2. The van der Waals surface area contributed by atoms with Crippen molar-refractivity contribution in [1.29, 1.82) is 0 Å². The van der Waals surface area contributed by atoms with Crippen molar-refractivity contribution in [2.75, 3.05) is 0 Å². The van der Waals surface area contributed by atoms with Gasteiger partial charge in [0.25, 0.3) is 0 Å². The van der Waals surface area contributed by atoms with Crippen LogP contribution in [0.5, 0.6) is 0 Å². The van der Waals surface area contributed by atoms with Crippen molar-refractivity contribution in [1.82, 2.24) is 14.9 Å². The fraction of sp³-hybridized carbons (Fsp3) is 0.250. The molecule has 7 heteroatoms. The number of hydrogen-bond donors (Lipinski definition) is 1. The molecule has 0 spiro atoms. The zero-order chi connectivity index (χ0) is 22.0. The first-order chi connectivity index (χ1) is 14.8. The Bertz CT molecular complexity index is 1220. The van der Waals surface area contributed by atoms with E-state index in [1.54, 1.807) is 6.20 Å². The molecular formula is C24H24BrN3O2S. The molecule has 5 nitrogen and oxygen atoms in total. The van der Waals surface area contributed by atoms with Crippen molar-refractivity contribution in [2.24, 2.45) is 0 Å². The van der Waals surface area contributed by atoms with Gasteiger partial charge in [-0.3, -0.25) is 4.98 Å². The van der Waals surface area contributed by atoms with Gasteiger partial charge in [0, 0.05) is 33.7 Å². The summed E-state index contributed by atoms with van der Waals surface area (Å²) >= 11 is 3.59. The second kappa shape index (κ2) is 9.02. The number of hydrogen-bond acceptors (Lipinski definition) is 4. The summed E-state index contributed by atoms with van der Waals surface area (Å²) in [5.74, 6) is 0. The minimum atomic E-state index is -1.26. The number of pyridine rings is 1. The van der Waals surface area contributed by atoms with Crippen LogP contribution in [-0.4, -0.2) is 19.1 Å². The second-order valence-corrected chi connectivity index (χ2v) is 11.2. The van der Waals surface area contributed by atoms with Crippen molar-refractivity contribution in [3.63, 3.8) is 0 Å². The minimum absolute atomic E-state index is 0.228. The average Bonchev–Trinajstić information content (AvgIpc) is 3.17. The molecule has 0 aliphatic heterocycles. The van der Waals surface area contributed by atoms with Crippen LogP contribution in [-0.2, 0) is 17.4 Å². The molecular weight excluding hydrogens is 474 g/mol. The normalized spacial score (nSPS) is 13.9. The highest BCUT2D eigenvalue weighted by atomic mass is 79.9. The van der Waals surface area contributed by atoms with Crippen LogP contribution in [0, 0.1) is 0 Å². The van der Waals surface area contributed by atoms with Crippen LogP contribution in [0.3, 0.4) is 0 Å². The lowest BCUT2D eigenvalue weighted by atomic mass is 9.94. The lowest BCUT2D eigenvalue weighted by molar-refractivity contribution is 0.459. The Balaban J connectivity index is 1.83. The van der Waals surface area contributed by atoms with E-state index in [0.29, 0.717) is 6.42 Å². The van der Waals surface area contributed by atoms with Gasteiger partial charge in [0.1, 0.15) is 5.69 Å². The first kappa shape index (κ1) is 21.9. The molecule has 1 N–H and O–H groups in total. The Hall–Kier alpha value is -2.35. The van der Waals surface area contributed by atoms with E-state index in [1.165, 1.54) is 0 Å². The van der Waals surface area contributed by atoms with Gasteiger partial charge in [0.15, 0.2) is 5.58 Å². The third-order valence-corrected chi connectivity index (χ3v) is 7.07. The summed E-state index contributed by atoms with van der Waals surface area (Å²) in [6, 6.07) is 19.5. The summed E-state index contributed by atoms with van der Waals surface area (Å²) in [5.41, 5.74) is 4.34. The van der Waals surface area contributed by atoms with Gasteiger partial charge >= 0.3 is 0 Å². The molecule has 2 atom stereocenters. The fourth-order valence-corrected chi connectivity index (χ4v) is 4.55. The first-order valence-electron chi connectivity index (χ1n) is 10.0. The molecule has 31 heavy (non-hydrogen) atoms. The Morgan fingerprint density at radius 1 is 1.10 bits per heavy atom. The van der Waals surface area contributed by atoms with Gasteiger partial charge in [0.05, 0.1) is 21.8 Å². The standard InChI is InChI=1S/C24H24BrN3O2S/c1-24(2,3)31(29)28-21(15-17-8-6-7-13-26-17)18-12-11-16(25)14-20(18)23-19-9-4-5-10-22(19)30-27-23/h4-14,21,28H,15H2,1-3H3. The molecule has 2 aromatic carbocycles. The van der Waals surface area contributed by atoms with E-state index < -0.39 is 15.7 Å². The van der Waals surface area contributed by atoms with Crippen LogP contribution < -0.4 is 4.72 Å². The van der Waals surface area contributed by atoms with Crippen LogP contribution in [0.25, 0.3) is 22.2 Å². The summed E-state index contributed by atoms with van der Waals surface area (Å²) < 4.78 is 22.5. The van der Waals surface area contributed by atoms with Crippen molar-refractivity contribution in [3.05, 3.63) is 82.6 Å². The Morgan fingerprint density at radius 3 is 2.61 bits per heavy atom. The molecule has 2 aromatic heterocycles. The third-order valence-electron chi connectivity index (χ3n) is 4.97. The predicted molar refractivity (Wildman–Crippen MR) is 129 cm³/mol. The van der Waals surface area contributed by atoms with Gasteiger partial charge in [0.2, 0.25) is 0 Å². The molecule has 0 saturated carbocycles. The highest BCUT2D eigenvalue weighted by Gasteiger charge is 2.27. The molecule has 160 valence electrons. The van der Waals surface area contributed by atoms with E-state index in [4.69, 9.17) is 4.52 Å². The fourth-order valence-electron chi connectivity index (χ4n) is 3.37. The maximum atomic E-state index is 13.1. The minimum Gasteiger partial charge on any atom is -0.356 e. The molecule has 4 aromatic rings. The molecule has 0 fully saturated rings. The Labute approximate surface area is 193 Å². The van der Waals surface area contributed by atoms with Crippen molar-refractivity contribution < 1.29 is 8.73 Å². The number of para-hydroxylation sites is 1. The predicted octanol–water partition coefficient (Wildman–Crippen LogP) is 5.99. The number of fused-ring (bicyclic) bond motifs is 1. The van der Waals surface area contributed by atoms with E-state index in [0.717, 1.165) is 38.0 Å². The number of nitrogens with one attached hydrogen (secondary N) is 1. The van der Waals surface area contributed by atoms with Crippen LogP contribution in [0.2, 0.25) is 0 Å². The van der Waals surface area contributed by atoms with Crippen molar-refractivity contribution >= 4 is 37.9 Å². The topological polar surface area (TPSA) is 68.0 Å². The summed E-state index contributed by atoms with van der Waals surface area (Å²) in [7, 11) is -1.26. The molecule has 0 amide bonds. The summed E-state index contributed by atoms with van der Waals surface area (Å²) in [4.78, 5) is 4.49. The summed E-state index contributed by atoms with van der Waals surface area (Å²) in [5, 5.41) is 5.31. The van der Waals surface area contributed by atoms with E-state index >= 15 is 0 Å². The van der Waals surface area contributed by atoms with Crippen molar-refractivity contribution in [2.45, 2.75) is 38.0 Å². The number of aromatic nitrogens is 2. The Morgan fingerprint density at radius 2 is 1.87 bits per heavy atom. The van der Waals surface area contributed by atoms with Gasteiger partial charge in [-0.15, -0.1) is 0 Å². The molecule has 4 rings (SSSR count). The van der Waals surface area contributed by atoms with E-state index in [-0.39, 0.29) is 6.04 Å². The molecule has 0 aliphatic rings. The van der Waals surface area contributed by atoms with Crippen LogP contribution >= 0.6 is 15.9 Å². The highest BCUT2D eigenvalue weighted by molar-refractivity contribution is 9.10. The SMILES string of the molecule is CC(C)(C)S(=O)NC(Cc1ccccn1)c1ccc(Br)cc1-c1noc2ccccc12. The van der Waals surface area contributed by atoms with Gasteiger partial charge in [-0.1, -0.05) is 45.4 Å². The third kappa shape index (κ3) is 4.95. The monoisotopic (exact) mass is 497 g/mol. The zero-order valence-electron chi connectivity index (χ0n) is 17.6. The van der Waals surface area contributed by atoms with Gasteiger partial charge in [-0.25, -0.2) is 8.93 Å². The van der Waals surface area contributed by atoms with Gasteiger partial charge < -0.3 is 4.52 Å². The van der Waals surface area contributed by atoms with E-state index in [1.807, 2.05) is 81.4 Å². The molecule has 0 radical (unpaired) electrons. The van der Waals surface area contributed by atoms with Gasteiger partial charge in [-0.05, 0) is 62.7 Å². The maximum absolute atomic E-state index is 13.1. The smallest absolute Gasteiger partial charge is 0.167 e. The molecule has 0 bridgehead atoms. The number of halogens is 1. The zero-order valence-corrected chi connectivity index (χ0v) is 20.0. The highest BCUT2D eigenvalue weighted by Crippen LogP contribution is 2.36. The molecule has 0 saturated heterocycles. The lowest BCUT2D eigenvalue weighted by Gasteiger charge is -2.26. The first-order valence-corrected chi connectivity index (χ1v) is 12.0. The molecule has 0 aliphatic carbocycles.